The number of ether oxygens (including phenoxy) is 1. The van der Waals surface area contributed by atoms with E-state index in [1.807, 2.05) is 4.90 Å². The number of morpholine rings is 1. The summed E-state index contributed by atoms with van der Waals surface area (Å²) in [6.07, 6.45) is 0. The van der Waals surface area contributed by atoms with Gasteiger partial charge in [-0.15, -0.1) is 0 Å². The molecule has 1 aliphatic rings. The number of nitrogens with one attached hydrogen (secondary N) is 1. The predicted molar refractivity (Wildman–Crippen MR) is 87.2 cm³/mol. The van der Waals surface area contributed by atoms with Crippen molar-refractivity contribution in [1.82, 2.24) is 0 Å². The van der Waals surface area contributed by atoms with Crippen molar-refractivity contribution in [3.8, 4) is 0 Å². The topological polar surface area (TPSA) is 41.6 Å². The second-order valence-corrected chi connectivity index (χ2v) is 5.38. The largest absolute Gasteiger partial charge is 0.378 e. The van der Waals surface area contributed by atoms with Crippen LogP contribution in [0.25, 0.3) is 0 Å². The van der Waals surface area contributed by atoms with Gasteiger partial charge in [0.2, 0.25) is 0 Å². The van der Waals surface area contributed by atoms with Gasteiger partial charge >= 0.3 is 0 Å². The molecule has 0 saturated carbocycles. The SMILES string of the molecule is [CH]c1cccc(NC(=O)c2cc(F)cc(N3CCOCC3)c2)c1. The van der Waals surface area contributed by atoms with Crippen molar-refractivity contribution in [3.63, 3.8) is 0 Å². The lowest BCUT2D eigenvalue weighted by molar-refractivity contribution is 0.102. The maximum absolute atomic E-state index is 13.9. The van der Waals surface area contributed by atoms with E-state index in [-0.39, 0.29) is 11.5 Å². The van der Waals surface area contributed by atoms with E-state index in [0.717, 1.165) is 0 Å². The fraction of sp³-hybridized carbons (Fsp3) is 0.222. The van der Waals surface area contributed by atoms with Gasteiger partial charge in [0.05, 0.1) is 13.2 Å². The van der Waals surface area contributed by atoms with Crippen molar-refractivity contribution < 1.29 is 13.9 Å². The summed E-state index contributed by atoms with van der Waals surface area (Å²) in [7, 11) is 0. The van der Waals surface area contributed by atoms with E-state index in [1.54, 1.807) is 30.3 Å². The molecule has 2 aromatic carbocycles. The summed E-state index contributed by atoms with van der Waals surface area (Å²) in [4.78, 5) is 14.4. The molecule has 1 saturated heterocycles. The summed E-state index contributed by atoms with van der Waals surface area (Å²) in [5.74, 6) is -0.809. The minimum absolute atomic E-state index is 0.272. The summed E-state index contributed by atoms with van der Waals surface area (Å²) in [6, 6.07) is 11.2. The van der Waals surface area contributed by atoms with Crippen molar-refractivity contribution in [2.24, 2.45) is 0 Å². The van der Waals surface area contributed by atoms with Gasteiger partial charge in [-0.25, -0.2) is 4.39 Å². The van der Waals surface area contributed by atoms with E-state index in [2.05, 4.69) is 5.32 Å². The van der Waals surface area contributed by atoms with E-state index >= 15 is 0 Å². The summed E-state index contributed by atoms with van der Waals surface area (Å²) < 4.78 is 19.2. The fourth-order valence-corrected chi connectivity index (χ4v) is 2.53. The molecular weight excluding hydrogens is 295 g/mol. The second kappa shape index (κ2) is 6.79. The maximum atomic E-state index is 13.9. The van der Waals surface area contributed by atoms with Crippen molar-refractivity contribution in [2.75, 3.05) is 36.5 Å². The van der Waals surface area contributed by atoms with E-state index in [0.29, 0.717) is 43.2 Å². The molecular formula is C18H17FN2O2. The van der Waals surface area contributed by atoms with Crippen molar-refractivity contribution in [1.29, 1.82) is 0 Å². The zero-order chi connectivity index (χ0) is 16.2. The van der Waals surface area contributed by atoms with Gasteiger partial charge in [0.1, 0.15) is 5.82 Å². The first-order chi connectivity index (χ1) is 11.1. The molecule has 2 radical (unpaired) electrons. The number of carbonyl (C=O) groups is 1. The average Bonchev–Trinajstić information content (AvgIpc) is 2.55. The van der Waals surface area contributed by atoms with Crippen LogP contribution in [-0.2, 0) is 4.74 Å². The Hall–Kier alpha value is -2.40. The number of anilines is 2. The monoisotopic (exact) mass is 312 g/mol. The molecule has 2 aromatic rings. The molecule has 0 aliphatic carbocycles. The van der Waals surface area contributed by atoms with Crippen molar-refractivity contribution in [2.45, 2.75) is 0 Å². The summed E-state index contributed by atoms with van der Waals surface area (Å²) in [5, 5.41) is 2.73. The highest BCUT2D eigenvalue weighted by molar-refractivity contribution is 6.04. The minimum Gasteiger partial charge on any atom is -0.378 e. The van der Waals surface area contributed by atoms with E-state index in [4.69, 9.17) is 11.7 Å². The van der Waals surface area contributed by atoms with Gasteiger partial charge in [-0.1, -0.05) is 12.1 Å². The van der Waals surface area contributed by atoms with Crippen LogP contribution in [0.1, 0.15) is 15.9 Å². The highest BCUT2D eigenvalue weighted by Crippen LogP contribution is 2.21. The highest BCUT2D eigenvalue weighted by atomic mass is 19.1. The number of hydrogen-bond donors (Lipinski definition) is 1. The van der Waals surface area contributed by atoms with E-state index in [1.165, 1.54) is 12.1 Å². The highest BCUT2D eigenvalue weighted by Gasteiger charge is 2.15. The van der Waals surface area contributed by atoms with Gasteiger partial charge in [-0.2, -0.15) is 0 Å². The Bertz CT molecular complexity index is 712. The standard InChI is InChI=1S/C18H17FN2O2/c1-13-3-2-4-16(9-13)20-18(22)14-10-15(19)12-17(11-14)21-5-7-23-8-6-21/h1-4,9-12H,5-8H2,(H,20,22). The number of halogens is 1. The first-order valence-corrected chi connectivity index (χ1v) is 7.42. The summed E-state index contributed by atoms with van der Waals surface area (Å²) in [6.45, 7) is 8.25. The lowest BCUT2D eigenvalue weighted by Gasteiger charge is -2.29. The Morgan fingerprint density at radius 2 is 1.96 bits per heavy atom. The van der Waals surface area contributed by atoms with Crippen LogP contribution in [0.4, 0.5) is 15.8 Å². The van der Waals surface area contributed by atoms with E-state index in [9.17, 15) is 9.18 Å². The van der Waals surface area contributed by atoms with Crippen LogP contribution in [0.3, 0.4) is 0 Å². The molecule has 4 nitrogen and oxygen atoms in total. The van der Waals surface area contributed by atoms with Gasteiger partial charge in [0.25, 0.3) is 5.91 Å². The lowest BCUT2D eigenvalue weighted by Crippen LogP contribution is -2.36. The number of amides is 1. The van der Waals surface area contributed by atoms with Crippen molar-refractivity contribution >= 4 is 17.3 Å². The zero-order valence-electron chi connectivity index (χ0n) is 12.6. The molecule has 3 rings (SSSR count). The second-order valence-electron chi connectivity index (χ2n) is 5.38. The lowest BCUT2D eigenvalue weighted by atomic mass is 10.1. The molecule has 0 bridgehead atoms. The predicted octanol–water partition coefficient (Wildman–Crippen LogP) is 2.97. The molecule has 23 heavy (non-hydrogen) atoms. The zero-order valence-corrected chi connectivity index (χ0v) is 12.6. The fourth-order valence-electron chi connectivity index (χ4n) is 2.53. The van der Waals surface area contributed by atoms with Crippen LogP contribution < -0.4 is 10.2 Å². The number of hydrogen-bond acceptors (Lipinski definition) is 3. The Balaban J connectivity index is 1.81. The van der Waals surface area contributed by atoms with Crippen LogP contribution >= 0.6 is 0 Å². The van der Waals surface area contributed by atoms with Gasteiger partial charge in [0, 0.05) is 30.0 Å². The van der Waals surface area contributed by atoms with Crippen LogP contribution in [0, 0.1) is 12.7 Å². The first-order valence-electron chi connectivity index (χ1n) is 7.42. The molecule has 1 aliphatic heterocycles. The van der Waals surface area contributed by atoms with E-state index < -0.39 is 5.82 Å². The normalized spacial score (nSPS) is 14.6. The quantitative estimate of drug-likeness (QED) is 0.947. The number of nitrogens with zero attached hydrogens (tertiary/aromatic N) is 1. The Morgan fingerprint density at radius 3 is 2.70 bits per heavy atom. The Morgan fingerprint density at radius 1 is 1.17 bits per heavy atom. The molecule has 1 fully saturated rings. The molecule has 1 N–H and O–H groups in total. The van der Waals surface area contributed by atoms with Crippen LogP contribution in [0.2, 0.25) is 0 Å². The molecule has 0 atom stereocenters. The third-order valence-corrected chi connectivity index (χ3v) is 3.67. The van der Waals surface area contributed by atoms with Crippen LogP contribution in [0.15, 0.2) is 42.5 Å². The third-order valence-electron chi connectivity index (χ3n) is 3.67. The van der Waals surface area contributed by atoms with Gasteiger partial charge < -0.3 is 15.0 Å². The molecule has 118 valence electrons. The molecule has 0 unspecified atom stereocenters. The number of benzene rings is 2. The van der Waals surface area contributed by atoms with Gasteiger partial charge in [-0.3, -0.25) is 4.79 Å². The molecule has 1 amide bonds. The van der Waals surface area contributed by atoms with Crippen molar-refractivity contribution in [3.05, 3.63) is 66.3 Å². The minimum atomic E-state index is -0.438. The van der Waals surface area contributed by atoms with Gasteiger partial charge in [-0.05, 0) is 42.8 Å². The average molecular weight is 312 g/mol. The molecule has 0 aromatic heterocycles. The molecule has 5 heteroatoms. The number of rotatable bonds is 3. The maximum Gasteiger partial charge on any atom is 0.255 e. The van der Waals surface area contributed by atoms with Crippen LogP contribution in [-0.4, -0.2) is 32.2 Å². The summed E-state index contributed by atoms with van der Waals surface area (Å²) in [5.41, 5.74) is 2.09. The molecule has 0 spiro atoms. The van der Waals surface area contributed by atoms with Gasteiger partial charge in [0.15, 0.2) is 0 Å². The number of carbonyl (C=O) groups excluding carboxylic acids is 1. The smallest absolute Gasteiger partial charge is 0.255 e. The Labute approximate surface area is 134 Å². The first kappa shape index (κ1) is 15.5. The summed E-state index contributed by atoms with van der Waals surface area (Å²) >= 11 is 0. The third kappa shape index (κ3) is 3.87. The van der Waals surface area contributed by atoms with Crippen LogP contribution in [0.5, 0.6) is 0 Å². The molecule has 1 heterocycles. The Kier molecular flexibility index (Phi) is 4.57.